The monoisotopic (exact) mass is 879 g/mol. The molecule has 0 bridgehead atoms. The third-order valence-electron chi connectivity index (χ3n) is 9.90. The Morgan fingerprint density at radius 3 is 1.82 bits per heavy atom. The number of carbonyl (C=O) groups is 7. The molecule has 0 aromatic heterocycles. The van der Waals surface area contributed by atoms with Gasteiger partial charge in [-0.25, -0.2) is 0 Å². The molecule has 22 nitrogen and oxygen atoms in total. The second kappa shape index (κ2) is 29.2. The molecule has 7 N–H and O–H groups in total. The molecule has 2 unspecified atom stereocenters. The standard InChI is InChI=1S/C40H70N12O10/c1-22(2)10-27-12-37(56)48-32(25(7)8)17-39(58)47-30(14-36(55)45-28(11-23(3)4)15-40(59)60)19-62-21-34(50-52-42)33(49-51-41)20-61-18-29(13-35(54)44-27)46-38(57)16-31(24(5)6)43-26(9)53/h22-25,27-34H,10-21H2,1-9H3,(H,43,53)(H,44,54)(H,45,55)(H,46,57)(H,47,58)(H,48,56)(H,59,60)/t27-,28+,29+,30+,31+,32+,33?,34?/m0/s1. The van der Waals surface area contributed by atoms with Gasteiger partial charge in [0.2, 0.25) is 35.4 Å². The van der Waals surface area contributed by atoms with Crippen molar-refractivity contribution in [2.45, 2.75) is 162 Å². The van der Waals surface area contributed by atoms with E-state index in [2.05, 4.69) is 52.0 Å². The van der Waals surface area contributed by atoms with Gasteiger partial charge in [0.15, 0.2) is 0 Å². The molecule has 0 saturated carbocycles. The molecule has 8 atom stereocenters. The van der Waals surface area contributed by atoms with Gasteiger partial charge in [-0.05, 0) is 47.6 Å². The average molecular weight is 879 g/mol. The average Bonchev–Trinajstić information content (AvgIpc) is 3.11. The second-order valence-electron chi connectivity index (χ2n) is 17.5. The van der Waals surface area contributed by atoms with Crippen LogP contribution < -0.4 is 31.9 Å². The maximum absolute atomic E-state index is 13.6. The normalized spacial score (nSPS) is 23.6. The number of carbonyl (C=O) groups excluding carboxylic acids is 6. The Morgan fingerprint density at radius 2 is 1.31 bits per heavy atom. The Kier molecular flexibility index (Phi) is 25.8. The summed E-state index contributed by atoms with van der Waals surface area (Å²) in [6.07, 6.45) is -0.483. The molecule has 1 rings (SSSR count). The summed E-state index contributed by atoms with van der Waals surface area (Å²) < 4.78 is 11.8. The van der Waals surface area contributed by atoms with Crippen molar-refractivity contribution >= 4 is 41.4 Å². The number of rotatable bonds is 17. The third kappa shape index (κ3) is 24.3. The molecule has 1 aliphatic rings. The zero-order chi connectivity index (χ0) is 46.9. The SMILES string of the molecule is CC(=O)N[C@H](CC(=O)N[C@H]1COCC(N=[N+]=[N-])C(N=[N+]=[N-])COC[C@@H](CC(=O)N[C@@H](CC(=O)O)CC(C)C)NC(=O)C[C@H](C(C)C)NC(=O)C[C@H](CC(C)C)NC(=O)C1)C(C)C. The van der Waals surface area contributed by atoms with Gasteiger partial charge < -0.3 is 46.5 Å². The first-order chi connectivity index (χ1) is 29.1. The van der Waals surface area contributed by atoms with Crippen molar-refractivity contribution in [3.05, 3.63) is 20.9 Å². The first-order valence-electron chi connectivity index (χ1n) is 21.3. The van der Waals surface area contributed by atoms with Crippen LogP contribution in [0, 0.1) is 23.7 Å². The van der Waals surface area contributed by atoms with Crippen LogP contribution in [0.15, 0.2) is 10.2 Å². The van der Waals surface area contributed by atoms with Crippen LogP contribution in [0.1, 0.15) is 114 Å². The van der Waals surface area contributed by atoms with Crippen molar-refractivity contribution in [3.8, 4) is 0 Å². The quantitative estimate of drug-likeness (QED) is 0.0636. The van der Waals surface area contributed by atoms with Crippen molar-refractivity contribution in [1.29, 1.82) is 0 Å². The molecule has 0 spiro atoms. The molecular weight excluding hydrogens is 809 g/mol. The Balaban J connectivity index is 3.59. The van der Waals surface area contributed by atoms with Gasteiger partial charge in [0, 0.05) is 73.0 Å². The van der Waals surface area contributed by atoms with Gasteiger partial charge in [-0.2, -0.15) is 0 Å². The van der Waals surface area contributed by atoms with E-state index in [1.807, 2.05) is 55.4 Å². The number of nitrogens with one attached hydrogen (secondary N) is 6. The summed E-state index contributed by atoms with van der Waals surface area (Å²) in [5.74, 6) is -4.03. The molecule has 1 aliphatic heterocycles. The number of carboxylic acids is 1. The first kappa shape index (κ1) is 54.8. The molecular formula is C40H70N12O10. The van der Waals surface area contributed by atoms with E-state index in [0.29, 0.717) is 12.8 Å². The number of carboxylic acid groups (broad SMARTS) is 1. The molecule has 0 aliphatic carbocycles. The third-order valence-corrected chi connectivity index (χ3v) is 9.90. The van der Waals surface area contributed by atoms with Crippen molar-refractivity contribution < 1.29 is 48.1 Å². The fourth-order valence-electron chi connectivity index (χ4n) is 6.93. The highest BCUT2D eigenvalue weighted by molar-refractivity contribution is 5.83. The van der Waals surface area contributed by atoms with E-state index >= 15 is 0 Å². The lowest BCUT2D eigenvalue weighted by Crippen LogP contribution is -2.49. The van der Waals surface area contributed by atoms with Crippen molar-refractivity contribution in [1.82, 2.24) is 31.9 Å². The maximum Gasteiger partial charge on any atom is 0.305 e. The van der Waals surface area contributed by atoms with Crippen LogP contribution in [0.3, 0.4) is 0 Å². The summed E-state index contributed by atoms with van der Waals surface area (Å²) in [4.78, 5) is 96.3. The second-order valence-corrected chi connectivity index (χ2v) is 17.5. The van der Waals surface area contributed by atoms with Gasteiger partial charge in [-0.3, -0.25) is 33.6 Å². The van der Waals surface area contributed by atoms with Crippen LogP contribution in [-0.4, -0.2) is 121 Å². The molecule has 22 heteroatoms. The van der Waals surface area contributed by atoms with E-state index in [9.17, 15) is 49.7 Å². The lowest BCUT2D eigenvalue weighted by molar-refractivity contribution is -0.138. The lowest BCUT2D eigenvalue weighted by atomic mass is 9.97. The fourth-order valence-corrected chi connectivity index (χ4v) is 6.93. The molecule has 6 amide bonds. The zero-order valence-corrected chi connectivity index (χ0v) is 37.7. The van der Waals surface area contributed by atoms with Gasteiger partial charge in [0.05, 0.1) is 57.0 Å². The van der Waals surface area contributed by atoms with E-state index in [-0.39, 0.29) is 94.5 Å². The number of aliphatic carboxylic acids is 1. The van der Waals surface area contributed by atoms with Crippen LogP contribution in [0.4, 0.5) is 0 Å². The van der Waals surface area contributed by atoms with Crippen LogP contribution in [0.25, 0.3) is 20.9 Å². The minimum Gasteiger partial charge on any atom is -0.481 e. The molecule has 0 aromatic carbocycles. The summed E-state index contributed by atoms with van der Waals surface area (Å²) in [6, 6.07) is -6.66. The molecule has 62 heavy (non-hydrogen) atoms. The highest BCUT2D eigenvalue weighted by atomic mass is 16.5. The summed E-state index contributed by atoms with van der Waals surface area (Å²) in [6.45, 7) is 15.1. The minimum absolute atomic E-state index is 0.0672. The van der Waals surface area contributed by atoms with E-state index < -0.39 is 83.8 Å². The topological polar surface area (TPSA) is 328 Å². The van der Waals surface area contributed by atoms with Crippen molar-refractivity contribution in [2.75, 3.05) is 26.4 Å². The lowest BCUT2D eigenvalue weighted by Gasteiger charge is -2.27. The molecule has 0 radical (unpaired) electrons. The predicted molar refractivity (Wildman–Crippen MR) is 229 cm³/mol. The van der Waals surface area contributed by atoms with Gasteiger partial charge in [0.1, 0.15) is 0 Å². The van der Waals surface area contributed by atoms with Crippen LogP contribution >= 0.6 is 0 Å². The number of nitrogens with zero attached hydrogens (tertiary/aromatic N) is 6. The molecule has 0 aromatic rings. The number of hydrogen-bond acceptors (Lipinski definition) is 11. The molecule has 350 valence electrons. The van der Waals surface area contributed by atoms with Gasteiger partial charge >= 0.3 is 5.97 Å². The minimum atomic E-state index is -1.15. The first-order valence-corrected chi connectivity index (χ1v) is 21.3. The van der Waals surface area contributed by atoms with Gasteiger partial charge in [-0.1, -0.05) is 65.6 Å². The molecule has 1 heterocycles. The summed E-state index contributed by atoms with van der Waals surface area (Å²) >= 11 is 0. The largest absolute Gasteiger partial charge is 0.481 e. The number of amides is 6. The fraction of sp³-hybridized carbons (Fsp3) is 0.825. The Hall–Kier alpha value is -5.17. The number of azide groups is 2. The summed E-state index contributed by atoms with van der Waals surface area (Å²) in [7, 11) is 0. The van der Waals surface area contributed by atoms with Gasteiger partial charge in [-0.15, -0.1) is 0 Å². The highest BCUT2D eigenvalue weighted by Crippen LogP contribution is 2.15. The molecule has 1 fully saturated rings. The van der Waals surface area contributed by atoms with E-state index in [1.165, 1.54) is 6.92 Å². The van der Waals surface area contributed by atoms with E-state index in [0.717, 1.165) is 0 Å². The molecule has 1 saturated heterocycles. The predicted octanol–water partition coefficient (Wildman–Crippen LogP) is 3.15. The van der Waals surface area contributed by atoms with Crippen molar-refractivity contribution in [2.24, 2.45) is 33.9 Å². The summed E-state index contributed by atoms with van der Waals surface area (Å²) in [5, 5.41) is 33.8. The Bertz CT molecular complexity index is 1560. The van der Waals surface area contributed by atoms with Crippen LogP contribution in [0.5, 0.6) is 0 Å². The smallest absolute Gasteiger partial charge is 0.305 e. The van der Waals surface area contributed by atoms with Crippen LogP contribution in [0.2, 0.25) is 0 Å². The summed E-state index contributed by atoms with van der Waals surface area (Å²) in [5.41, 5.74) is 18.8. The number of hydrogen-bond donors (Lipinski definition) is 7. The number of ether oxygens (including phenoxy) is 2. The van der Waals surface area contributed by atoms with Gasteiger partial charge in [0.25, 0.3) is 0 Å². The Morgan fingerprint density at radius 1 is 0.742 bits per heavy atom. The van der Waals surface area contributed by atoms with Crippen molar-refractivity contribution in [3.63, 3.8) is 0 Å². The Labute approximate surface area is 364 Å². The van der Waals surface area contributed by atoms with E-state index in [1.54, 1.807) is 0 Å². The highest BCUT2D eigenvalue weighted by Gasteiger charge is 2.29. The maximum atomic E-state index is 13.6. The van der Waals surface area contributed by atoms with E-state index in [4.69, 9.17) is 9.47 Å². The van der Waals surface area contributed by atoms with Crippen LogP contribution in [-0.2, 0) is 43.0 Å². The zero-order valence-electron chi connectivity index (χ0n) is 37.7.